The first-order valence-electron chi connectivity index (χ1n) is 7.12. The van der Waals surface area contributed by atoms with E-state index in [0.717, 1.165) is 37.5 Å². The summed E-state index contributed by atoms with van der Waals surface area (Å²) in [6.45, 7) is 0. The van der Waals surface area contributed by atoms with Crippen LogP contribution in [0.2, 0.25) is 0 Å². The second kappa shape index (κ2) is 3.28. The molecule has 1 unspecified atom stereocenters. The number of hydrogen-bond acceptors (Lipinski definition) is 2. The molecule has 4 fully saturated rings. The summed E-state index contributed by atoms with van der Waals surface area (Å²) in [5.41, 5.74) is -0.476. The minimum absolute atomic E-state index is 0.115. The molecule has 4 aliphatic rings. The third-order valence-corrected chi connectivity index (χ3v) is 5.80. The van der Waals surface area contributed by atoms with Crippen LogP contribution in [-0.4, -0.2) is 23.0 Å². The number of carboxylic acid groups (broad SMARTS) is 1. The predicted octanol–water partition coefficient (Wildman–Crippen LogP) is 1.40. The number of carbonyl (C=O) groups is 2. The van der Waals surface area contributed by atoms with E-state index in [1.807, 2.05) is 0 Å². The van der Waals surface area contributed by atoms with Crippen molar-refractivity contribution >= 4 is 11.9 Å². The maximum Gasteiger partial charge on any atom is 0.310 e. The molecule has 18 heavy (non-hydrogen) atoms. The van der Waals surface area contributed by atoms with Crippen LogP contribution in [-0.2, 0) is 9.59 Å². The van der Waals surface area contributed by atoms with Gasteiger partial charge in [0.2, 0.25) is 5.91 Å². The monoisotopic (exact) mass is 249 g/mol. The van der Waals surface area contributed by atoms with Crippen molar-refractivity contribution in [2.75, 3.05) is 0 Å². The van der Waals surface area contributed by atoms with E-state index in [4.69, 9.17) is 0 Å². The molecule has 0 aromatic carbocycles. The highest BCUT2D eigenvalue weighted by molar-refractivity contribution is 5.81. The summed E-state index contributed by atoms with van der Waals surface area (Å²) in [4.78, 5) is 23.3. The van der Waals surface area contributed by atoms with Gasteiger partial charge in [-0.25, -0.2) is 0 Å². The normalized spacial score (nSPS) is 51.4. The van der Waals surface area contributed by atoms with Gasteiger partial charge in [0.25, 0.3) is 0 Å². The maximum atomic E-state index is 12.1. The number of carbonyl (C=O) groups excluding carboxylic acids is 1. The van der Waals surface area contributed by atoms with Crippen LogP contribution >= 0.6 is 0 Å². The summed E-state index contributed by atoms with van der Waals surface area (Å²) in [6, 6.07) is 0.115. The second-order valence-electron chi connectivity index (χ2n) is 6.93. The number of fused-ring (bicyclic) bond motifs is 2. The molecule has 0 aliphatic heterocycles. The summed E-state index contributed by atoms with van der Waals surface area (Å²) < 4.78 is 0. The molecular formula is C14H19NO3. The van der Waals surface area contributed by atoms with E-state index < -0.39 is 11.4 Å². The van der Waals surface area contributed by atoms with Gasteiger partial charge in [0.15, 0.2) is 0 Å². The number of nitrogens with one attached hydrogen (secondary N) is 1. The lowest BCUT2D eigenvalue weighted by Crippen LogP contribution is -2.38. The quantitative estimate of drug-likeness (QED) is 0.794. The summed E-state index contributed by atoms with van der Waals surface area (Å²) in [5, 5.41) is 12.3. The number of amides is 1. The fraction of sp³-hybridized carbons (Fsp3) is 0.857. The van der Waals surface area contributed by atoms with E-state index in [2.05, 4.69) is 5.32 Å². The van der Waals surface area contributed by atoms with Gasteiger partial charge < -0.3 is 10.4 Å². The van der Waals surface area contributed by atoms with Gasteiger partial charge in [0, 0.05) is 12.0 Å². The topological polar surface area (TPSA) is 66.4 Å². The number of carboxylic acids is 1. The van der Waals surface area contributed by atoms with Crippen LogP contribution in [0.1, 0.15) is 38.5 Å². The Morgan fingerprint density at radius 2 is 1.78 bits per heavy atom. The van der Waals surface area contributed by atoms with E-state index in [1.165, 1.54) is 6.42 Å². The zero-order valence-electron chi connectivity index (χ0n) is 10.4. The Morgan fingerprint density at radius 3 is 2.39 bits per heavy atom. The second-order valence-corrected chi connectivity index (χ2v) is 6.93. The molecule has 0 aromatic heterocycles. The molecule has 0 aromatic rings. The van der Waals surface area contributed by atoms with Crippen molar-refractivity contribution in [3.05, 3.63) is 0 Å². The lowest BCUT2D eigenvalue weighted by Gasteiger charge is -2.19. The minimum Gasteiger partial charge on any atom is -0.481 e. The number of rotatable bonds is 3. The predicted molar refractivity (Wildman–Crippen MR) is 63.7 cm³/mol. The minimum atomic E-state index is -0.661. The average molecular weight is 249 g/mol. The van der Waals surface area contributed by atoms with E-state index in [9.17, 15) is 14.7 Å². The van der Waals surface area contributed by atoms with Gasteiger partial charge in [-0.3, -0.25) is 9.59 Å². The zero-order valence-corrected chi connectivity index (χ0v) is 10.4. The summed E-state index contributed by atoms with van der Waals surface area (Å²) >= 11 is 0. The highest BCUT2D eigenvalue weighted by Crippen LogP contribution is 2.63. The van der Waals surface area contributed by atoms with Crippen LogP contribution in [0.5, 0.6) is 0 Å². The molecule has 1 amide bonds. The smallest absolute Gasteiger partial charge is 0.310 e. The van der Waals surface area contributed by atoms with Crippen molar-refractivity contribution in [2.24, 2.45) is 29.1 Å². The molecule has 0 bridgehead atoms. The van der Waals surface area contributed by atoms with Gasteiger partial charge in [-0.2, -0.15) is 0 Å². The van der Waals surface area contributed by atoms with E-state index in [-0.39, 0.29) is 17.9 Å². The number of aliphatic carboxylic acids is 1. The summed E-state index contributed by atoms with van der Waals surface area (Å²) in [6.07, 6.45) is 5.81. The van der Waals surface area contributed by atoms with Crippen molar-refractivity contribution in [2.45, 2.75) is 44.6 Å². The van der Waals surface area contributed by atoms with Crippen molar-refractivity contribution < 1.29 is 14.7 Å². The fourth-order valence-corrected chi connectivity index (χ4v) is 4.51. The maximum absolute atomic E-state index is 12.1. The van der Waals surface area contributed by atoms with Gasteiger partial charge in [0.05, 0.1) is 5.41 Å². The van der Waals surface area contributed by atoms with Crippen LogP contribution in [0.25, 0.3) is 0 Å². The Morgan fingerprint density at radius 1 is 1.06 bits per heavy atom. The molecule has 0 heterocycles. The molecule has 4 heteroatoms. The first kappa shape index (κ1) is 10.8. The molecule has 4 aliphatic carbocycles. The fourth-order valence-electron chi connectivity index (χ4n) is 4.51. The summed E-state index contributed by atoms with van der Waals surface area (Å²) in [7, 11) is 0. The van der Waals surface area contributed by atoms with Gasteiger partial charge in [-0.05, 0) is 56.3 Å². The van der Waals surface area contributed by atoms with E-state index in [1.54, 1.807) is 0 Å². The molecule has 0 spiro atoms. The van der Waals surface area contributed by atoms with Gasteiger partial charge in [-0.1, -0.05) is 0 Å². The standard InChI is InChI=1S/C14H19NO3/c16-12(9-2-7-1-8(7)3-9)15-11-4-10-5-14(10,6-11)13(17)18/h7-11H,1-6H2,(H,15,16)(H,17,18)/t7-,8+,9?,10-,11+,14+/m1/s1. The van der Waals surface area contributed by atoms with Crippen molar-refractivity contribution in [1.82, 2.24) is 5.32 Å². The SMILES string of the molecule is O=C(N[C@H]1C[C@@H]2C[C@]2(C(=O)O)C1)C1C[C@@H]2C[C@@H]2C1. The Balaban J connectivity index is 1.34. The van der Waals surface area contributed by atoms with Gasteiger partial charge >= 0.3 is 5.97 Å². The largest absolute Gasteiger partial charge is 0.481 e. The first-order chi connectivity index (χ1) is 8.58. The van der Waals surface area contributed by atoms with Crippen molar-refractivity contribution in [3.63, 3.8) is 0 Å². The lowest BCUT2D eigenvalue weighted by atomic mass is 10.00. The Bertz CT molecular complexity index is 425. The lowest BCUT2D eigenvalue weighted by molar-refractivity contribution is -0.144. The molecule has 0 radical (unpaired) electrons. The van der Waals surface area contributed by atoms with Crippen LogP contribution < -0.4 is 5.32 Å². The van der Waals surface area contributed by atoms with Crippen LogP contribution in [0, 0.1) is 29.1 Å². The molecule has 98 valence electrons. The van der Waals surface area contributed by atoms with E-state index >= 15 is 0 Å². The van der Waals surface area contributed by atoms with Crippen molar-refractivity contribution in [1.29, 1.82) is 0 Å². The third kappa shape index (κ3) is 1.44. The molecule has 4 saturated carbocycles. The first-order valence-corrected chi connectivity index (χ1v) is 7.12. The zero-order chi connectivity index (χ0) is 12.5. The van der Waals surface area contributed by atoms with Crippen LogP contribution in [0.15, 0.2) is 0 Å². The van der Waals surface area contributed by atoms with Gasteiger partial charge in [-0.15, -0.1) is 0 Å². The Labute approximate surface area is 106 Å². The Kier molecular flexibility index (Phi) is 1.97. The highest BCUT2D eigenvalue weighted by atomic mass is 16.4. The third-order valence-electron chi connectivity index (χ3n) is 5.80. The molecule has 2 N–H and O–H groups in total. The van der Waals surface area contributed by atoms with Crippen LogP contribution in [0.4, 0.5) is 0 Å². The average Bonchev–Trinajstić information content (AvgIpc) is 3.14. The van der Waals surface area contributed by atoms with E-state index in [0.29, 0.717) is 12.3 Å². The Hall–Kier alpha value is -1.06. The molecular weight excluding hydrogens is 230 g/mol. The molecule has 0 saturated heterocycles. The summed E-state index contributed by atoms with van der Waals surface area (Å²) in [5.74, 6) is 1.70. The van der Waals surface area contributed by atoms with Gasteiger partial charge in [0.1, 0.15) is 0 Å². The number of hydrogen-bond donors (Lipinski definition) is 2. The van der Waals surface area contributed by atoms with Crippen molar-refractivity contribution in [3.8, 4) is 0 Å². The highest BCUT2D eigenvalue weighted by Gasteiger charge is 2.65. The molecule has 4 nitrogen and oxygen atoms in total. The molecule has 4 rings (SSSR count). The molecule has 6 atom stereocenters. The van der Waals surface area contributed by atoms with Crippen LogP contribution in [0.3, 0.4) is 0 Å².